The summed E-state index contributed by atoms with van der Waals surface area (Å²) in [6, 6.07) is 0. The fraction of sp³-hybridized carbons (Fsp3) is 0.875. The standard InChI is InChI=1S/C24H43O6P/c1-3-5-7-8-9-10-11-12-13-14-15-16-18-28-31(26)29-20-21-19-27-24(25)23(21)22(30-31)17-6-4-2/h21H,3-20H2,1-2H3/t21-,31+/m0/s1. The van der Waals surface area contributed by atoms with E-state index in [0.717, 1.165) is 25.7 Å². The van der Waals surface area contributed by atoms with Crippen molar-refractivity contribution in [1.82, 2.24) is 0 Å². The Hall–Kier alpha value is -0.840. The fourth-order valence-electron chi connectivity index (χ4n) is 4.07. The number of esters is 1. The molecule has 1 fully saturated rings. The summed E-state index contributed by atoms with van der Waals surface area (Å²) in [5.74, 6) is -0.163. The summed E-state index contributed by atoms with van der Waals surface area (Å²) in [6.45, 7) is 5.05. The Morgan fingerprint density at radius 1 is 0.839 bits per heavy atom. The third-order valence-corrected chi connectivity index (χ3v) is 7.41. The van der Waals surface area contributed by atoms with Gasteiger partial charge in [-0.15, -0.1) is 0 Å². The van der Waals surface area contributed by atoms with E-state index in [0.29, 0.717) is 24.4 Å². The normalized spacial score (nSPS) is 23.4. The predicted molar refractivity (Wildman–Crippen MR) is 123 cm³/mol. The number of unbranched alkanes of at least 4 members (excludes halogenated alkanes) is 12. The molecule has 2 atom stereocenters. The van der Waals surface area contributed by atoms with Crippen molar-refractivity contribution in [2.24, 2.45) is 5.92 Å². The summed E-state index contributed by atoms with van der Waals surface area (Å²) in [6.07, 6.45) is 17.5. The van der Waals surface area contributed by atoms with Crippen molar-refractivity contribution in [2.75, 3.05) is 19.8 Å². The maximum absolute atomic E-state index is 13.0. The molecule has 0 aromatic rings. The molecule has 1 saturated heterocycles. The van der Waals surface area contributed by atoms with Gasteiger partial charge in [0.1, 0.15) is 12.4 Å². The number of ether oxygens (including phenoxy) is 1. The van der Waals surface area contributed by atoms with Crippen LogP contribution in [0.15, 0.2) is 11.3 Å². The van der Waals surface area contributed by atoms with E-state index in [1.54, 1.807) is 0 Å². The summed E-state index contributed by atoms with van der Waals surface area (Å²) >= 11 is 0. The monoisotopic (exact) mass is 458 g/mol. The molecule has 2 aliphatic rings. The van der Waals surface area contributed by atoms with Crippen LogP contribution in [0.4, 0.5) is 0 Å². The molecule has 0 amide bonds. The van der Waals surface area contributed by atoms with Crippen LogP contribution in [-0.2, 0) is 27.7 Å². The van der Waals surface area contributed by atoms with Gasteiger partial charge >= 0.3 is 13.8 Å². The van der Waals surface area contributed by atoms with E-state index in [1.807, 2.05) is 0 Å². The van der Waals surface area contributed by atoms with Crippen molar-refractivity contribution in [3.63, 3.8) is 0 Å². The van der Waals surface area contributed by atoms with Gasteiger partial charge in [0.2, 0.25) is 0 Å². The largest absolute Gasteiger partial charge is 0.529 e. The zero-order valence-electron chi connectivity index (χ0n) is 19.7. The molecule has 0 aromatic heterocycles. The second-order valence-corrected chi connectivity index (χ2v) is 10.4. The number of carbonyl (C=O) groups excluding carboxylic acids is 1. The van der Waals surface area contributed by atoms with Crippen LogP contribution in [0.25, 0.3) is 0 Å². The van der Waals surface area contributed by atoms with Gasteiger partial charge in [0.15, 0.2) is 0 Å². The Balaban J connectivity index is 1.61. The quantitative estimate of drug-likeness (QED) is 0.128. The Morgan fingerprint density at radius 3 is 2.03 bits per heavy atom. The molecule has 2 heterocycles. The van der Waals surface area contributed by atoms with Crippen LogP contribution in [0.1, 0.15) is 110 Å². The Kier molecular flexibility index (Phi) is 12.8. The molecule has 7 heteroatoms. The molecule has 2 aliphatic heterocycles. The molecule has 0 unspecified atom stereocenters. The smallest absolute Gasteiger partial charge is 0.461 e. The minimum atomic E-state index is -3.68. The van der Waals surface area contributed by atoms with Crippen molar-refractivity contribution in [3.8, 4) is 0 Å². The van der Waals surface area contributed by atoms with Gasteiger partial charge in [-0.3, -0.25) is 9.05 Å². The molecule has 180 valence electrons. The lowest BCUT2D eigenvalue weighted by atomic mass is 10.00. The average molecular weight is 459 g/mol. The number of phosphoric acid groups is 1. The van der Waals surface area contributed by atoms with Gasteiger partial charge in [-0.2, -0.15) is 0 Å². The summed E-state index contributed by atoms with van der Waals surface area (Å²) in [5, 5.41) is 0. The maximum Gasteiger partial charge on any atom is 0.529 e. The highest BCUT2D eigenvalue weighted by Crippen LogP contribution is 2.55. The molecule has 0 aliphatic carbocycles. The molecular formula is C24H43O6P. The lowest BCUT2D eigenvalue weighted by molar-refractivity contribution is -0.135. The second-order valence-electron chi connectivity index (χ2n) is 8.79. The first-order valence-electron chi connectivity index (χ1n) is 12.6. The lowest BCUT2D eigenvalue weighted by Gasteiger charge is -2.18. The zero-order chi connectivity index (χ0) is 22.4. The number of hydrogen-bond acceptors (Lipinski definition) is 6. The van der Waals surface area contributed by atoms with Crippen LogP contribution in [0.3, 0.4) is 0 Å². The van der Waals surface area contributed by atoms with Crippen LogP contribution in [0.5, 0.6) is 0 Å². The molecule has 31 heavy (non-hydrogen) atoms. The van der Waals surface area contributed by atoms with Gasteiger partial charge in [0.25, 0.3) is 0 Å². The molecule has 2 rings (SSSR count). The van der Waals surface area contributed by atoms with E-state index in [4.69, 9.17) is 18.3 Å². The Morgan fingerprint density at radius 2 is 1.42 bits per heavy atom. The number of fused-ring (bicyclic) bond motifs is 1. The van der Waals surface area contributed by atoms with Crippen LogP contribution >= 0.6 is 7.82 Å². The lowest BCUT2D eigenvalue weighted by Crippen LogP contribution is -2.10. The summed E-state index contributed by atoms with van der Waals surface area (Å²) in [7, 11) is -3.68. The molecule has 0 spiro atoms. The van der Waals surface area contributed by atoms with Gasteiger partial charge in [0.05, 0.1) is 24.7 Å². The highest BCUT2D eigenvalue weighted by atomic mass is 31.2. The molecule has 0 bridgehead atoms. The van der Waals surface area contributed by atoms with Crippen LogP contribution in [-0.4, -0.2) is 25.8 Å². The number of allylic oxidation sites excluding steroid dienone is 1. The van der Waals surface area contributed by atoms with Crippen molar-refractivity contribution in [2.45, 2.75) is 110 Å². The topological polar surface area (TPSA) is 71.1 Å². The number of carbonyl (C=O) groups is 1. The van der Waals surface area contributed by atoms with E-state index in [9.17, 15) is 9.36 Å². The molecule has 0 aromatic carbocycles. The average Bonchev–Trinajstić information content (AvgIpc) is 3.06. The third kappa shape index (κ3) is 9.67. The number of rotatable bonds is 17. The van der Waals surface area contributed by atoms with Crippen LogP contribution in [0.2, 0.25) is 0 Å². The fourth-order valence-corrected chi connectivity index (χ4v) is 5.42. The number of cyclic esters (lactones) is 1. The highest BCUT2D eigenvalue weighted by Gasteiger charge is 2.43. The van der Waals surface area contributed by atoms with Gasteiger partial charge < -0.3 is 9.26 Å². The molecule has 0 N–H and O–H groups in total. The van der Waals surface area contributed by atoms with E-state index in [1.165, 1.54) is 64.2 Å². The first kappa shape index (κ1) is 26.4. The molecule has 0 radical (unpaired) electrons. The third-order valence-electron chi connectivity index (χ3n) is 6.00. The first-order valence-corrected chi connectivity index (χ1v) is 14.0. The molecule has 0 saturated carbocycles. The number of hydrogen-bond donors (Lipinski definition) is 0. The van der Waals surface area contributed by atoms with Gasteiger partial charge in [-0.1, -0.05) is 90.9 Å². The van der Waals surface area contributed by atoms with Crippen molar-refractivity contribution in [1.29, 1.82) is 0 Å². The minimum absolute atomic E-state index is 0.131. The maximum atomic E-state index is 13.0. The molecule has 6 nitrogen and oxygen atoms in total. The number of phosphoric ester groups is 1. The van der Waals surface area contributed by atoms with E-state index >= 15 is 0 Å². The molecular weight excluding hydrogens is 415 g/mol. The van der Waals surface area contributed by atoms with E-state index < -0.39 is 7.82 Å². The van der Waals surface area contributed by atoms with Gasteiger partial charge in [-0.05, 0) is 12.8 Å². The van der Waals surface area contributed by atoms with Gasteiger partial charge in [-0.25, -0.2) is 9.36 Å². The van der Waals surface area contributed by atoms with E-state index in [2.05, 4.69) is 13.8 Å². The van der Waals surface area contributed by atoms with E-state index in [-0.39, 0.29) is 25.1 Å². The Labute approximate surface area is 189 Å². The summed E-state index contributed by atoms with van der Waals surface area (Å²) in [5.41, 5.74) is 0.486. The van der Waals surface area contributed by atoms with Gasteiger partial charge in [0, 0.05) is 6.42 Å². The summed E-state index contributed by atoms with van der Waals surface area (Å²) in [4.78, 5) is 12.1. The van der Waals surface area contributed by atoms with Crippen molar-refractivity contribution >= 4 is 13.8 Å². The first-order chi connectivity index (χ1) is 15.1. The van der Waals surface area contributed by atoms with Crippen molar-refractivity contribution < 1.29 is 27.7 Å². The van der Waals surface area contributed by atoms with Crippen molar-refractivity contribution in [3.05, 3.63) is 11.3 Å². The minimum Gasteiger partial charge on any atom is -0.461 e. The SMILES string of the molecule is CCCCCCCCCCCCCCO[P@]1(=O)OC[C@@H]2COC(=O)C2=C(CCCC)O1. The highest BCUT2D eigenvalue weighted by molar-refractivity contribution is 7.48. The second kappa shape index (κ2) is 15.1. The summed E-state index contributed by atoms with van der Waals surface area (Å²) < 4.78 is 34.9. The predicted octanol–water partition coefficient (Wildman–Crippen LogP) is 7.48. The van der Waals surface area contributed by atoms with Crippen LogP contribution in [0, 0.1) is 5.92 Å². The van der Waals surface area contributed by atoms with Crippen LogP contribution < -0.4 is 0 Å². The zero-order valence-corrected chi connectivity index (χ0v) is 20.6. The Bertz CT molecular complexity index is 603.